The van der Waals surface area contributed by atoms with Gasteiger partial charge >= 0.3 is 6.09 Å². The number of anilines is 3. The summed E-state index contributed by atoms with van der Waals surface area (Å²) < 4.78 is 5.49. The molecule has 1 aromatic heterocycles. The molecule has 2 heterocycles. The summed E-state index contributed by atoms with van der Waals surface area (Å²) in [5.41, 5.74) is 2.14. The Hall–Kier alpha value is -3.72. The van der Waals surface area contributed by atoms with Crippen molar-refractivity contribution in [3.05, 3.63) is 71.7 Å². The van der Waals surface area contributed by atoms with Crippen molar-refractivity contribution in [2.45, 2.75) is 38.8 Å². The van der Waals surface area contributed by atoms with Crippen molar-refractivity contribution in [1.29, 1.82) is 0 Å². The molecule has 9 heteroatoms. The van der Waals surface area contributed by atoms with E-state index in [2.05, 4.69) is 10.3 Å². The highest BCUT2D eigenvalue weighted by Crippen LogP contribution is 2.32. The van der Waals surface area contributed by atoms with Crippen molar-refractivity contribution in [2.24, 2.45) is 0 Å². The number of benzene rings is 2. The first-order valence-corrected chi connectivity index (χ1v) is 12.1. The maximum absolute atomic E-state index is 13.7. The molecule has 3 aromatic rings. The molecule has 34 heavy (non-hydrogen) atoms. The lowest BCUT2D eigenvalue weighted by molar-refractivity contribution is -0.121. The summed E-state index contributed by atoms with van der Waals surface area (Å²) in [6.45, 7) is 2.39. The van der Waals surface area contributed by atoms with Crippen LogP contribution in [-0.2, 0) is 20.9 Å². The summed E-state index contributed by atoms with van der Waals surface area (Å²) >= 11 is 1.34. The fourth-order valence-electron chi connectivity index (χ4n) is 3.79. The molecule has 0 radical (unpaired) electrons. The van der Waals surface area contributed by atoms with Gasteiger partial charge in [-0.1, -0.05) is 37.3 Å². The molecule has 1 aliphatic heterocycles. The van der Waals surface area contributed by atoms with Crippen molar-refractivity contribution in [3.63, 3.8) is 0 Å². The molecule has 0 aliphatic carbocycles. The molecule has 0 spiro atoms. The van der Waals surface area contributed by atoms with Crippen LogP contribution in [-0.4, -0.2) is 40.4 Å². The number of likely N-dealkylation sites (tertiary alicyclic amines) is 1. The van der Waals surface area contributed by atoms with Crippen LogP contribution >= 0.6 is 11.3 Å². The van der Waals surface area contributed by atoms with Crippen molar-refractivity contribution in [3.8, 4) is 0 Å². The van der Waals surface area contributed by atoms with E-state index in [1.807, 2.05) is 30.3 Å². The van der Waals surface area contributed by atoms with E-state index in [9.17, 15) is 14.4 Å². The maximum atomic E-state index is 13.7. The normalized spacial score (nSPS) is 15.1. The van der Waals surface area contributed by atoms with Crippen LogP contribution in [0.3, 0.4) is 0 Å². The second kappa shape index (κ2) is 10.9. The van der Waals surface area contributed by atoms with Crippen LogP contribution in [0.15, 0.2) is 66.2 Å². The first kappa shape index (κ1) is 23.4. The third-order valence-electron chi connectivity index (χ3n) is 5.54. The van der Waals surface area contributed by atoms with E-state index in [0.717, 1.165) is 5.56 Å². The molecule has 4 rings (SSSR count). The summed E-state index contributed by atoms with van der Waals surface area (Å²) in [7, 11) is 0. The van der Waals surface area contributed by atoms with Crippen molar-refractivity contribution >= 4 is 45.8 Å². The lowest BCUT2D eigenvalue weighted by atomic mass is 10.1. The average molecular weight is 479 g/mol. The van der Waals surface area contributed by atoms with E-state index < -0.39 is 12.1 Å². The highest BCUT2D eigenvalue weighted by molar-refractivity contribution is 7.13. The lowest BCUT2D eigenvalue weighted by Gasteiger charge is -2.28. The molecule has 1 N–H and O–H groups in total. The number of aromatic nitrogens is 1. The molecule has 1 aliphatic rings. The standard InChI is InChI=1S/C25H26N4O4S/c1-2-22(30)27-19-10-12-20(13-11-19)29(24-26-14-16-34-24)23(31)21-9-6-15-28(21)25(32)33-17-18-7-4-3-5-8-18/h3-5,7-8,10-14,16,21H,2,6,9,15,17H2,1H3,(H,27,30). The monoisotopic (exact) mass is 478 g/mol. The number of rotatable bonds is 7. The van der Waals surface area contributed by atoms with Crippen LogP contribution < -0.4 is 10.2 Å². The molecule has 1 atom stereocenters. The van der Waals surface area contributed by atoms with Crippen LogP contribution in [0, 0.1) is 0 Å². The Labute approximate surface area is 202 Å². The highest BCUT2D eigenvalue weighted by Gasteiger charge is 2.39. The summed E-state index contributed by atoms with van der Waals surface area (Å²) in [6.07, 6.45) is 2.77. The molecule has 0 bridgehead atoms. The molecule has 3 amide bonds. The van der Waals surface area contributed by atoms with E-state index >= 15 is 0 Å². The van der Waals surface area contributed by atoms with E-state index in [4.69, 9.17) is 4.74 Å². The minimum atomic E-state index is -0.647. The van der Waals surface area contributed by atoms with Gasteiger partial charge in [0.25, 0.3) is 5.91 Å². The predicted octanol–water partition coefficient (Wildman–Crippen LogP) is 4.96. The van der Waals surface area contributed by atoms with Crippen LogP contribution in [0.1, 0.15) is 31.7 Å². The van der Waals surface area contributed by atoms with E-state index in [1.54, 1.807) is 42.8 Å². The smallest absolute Gasteiger partial charge is 0.410 e. The maximum Gasteiger partial charge on any atom is 0.410 e. The van der Waals surface area contributed by atoms with Gasteiger partial charge in [-0.05, 0) is 42.7 Å². The molecule has 1 saturated heterocycles. The zero-order chi connectivity index (χ0) is 23.9. The number of carbonyl (C=O) groups excluding carboxylic acids is 3. The number of hydrogen-bond acceptors (Lipinski definition) is 6. The van der Waals surface area contributed by atoms with E-state index in [1.165, 1.54) is 21.1 Å². The Kier molecular flexibility index (Phi) is 7.54. The van der Waals surface area contributed by atoms with Gasteiger partial charge in [0, 0.05) is 30.2 Å². The van der Waals surface area contributed by atoms with Crippen molar-refractivity contribution in [1.82, 2.24) is 9.88 Å². The number of hydrogen-bond donors (Lipinski definition) is 1. The van der Waals surface area contributed by atoms with Gasteiger partial charge in [0.2, 0.25) is 5.91 Å². The molecular formula is C25H26N4O4S. The molecule has 8 nitrogen and oxygen atoms in total. The summed E-state index contributed by atoms with van der Waals surface area (Å²) in [5.74, 6) is -0.328. The highest BCUT2D eigenvalue weighted by atomic mass is 32.1. The third kappa shape index (κ3) is 5.43. The summed E-state index contributed by atoms with van der Waals surface area (Å²) in [5, 5.41) is 5.11. The molecule has 176 valence electrons. The summed E-state index contributed by atoms with van der Waals surface area (Å²) in [6, 6.07) is 15.8. The minimum absolute atomic E-state index is 0.0868. The Morgan fingerprint density at radius 3 is 2.59 bits per heavy atom. The van der Waals surface area contributed by atoms with Gasteiger partial charge in [-0.2, -0.15) is 0 Å². The molecule has 0 saturated carbocycles. The van der Waals surface area contributed by atoms with Crippen LogP contribution in [0.25, 0.3) is 0 Å². The van der Waals surface area contributed by atoms with Crippen LogP contribution in [0.5, 0.6) is 0 Å². The topological polar surface area (TPSA) is 91.8 Å². The van der Waals surface area contributed by atoms with Gasteiger partial charge in [0.1, 0.15) is 12.6 Å². The van der Waals surface area contributed by atoms with Gasteiger partial charge in [0.15, 0.2) is 5.13 Å². The zero-order valence-corrected chi connectivity index (χ0v) is 19.7. The van der Waals surface area contributed by atoms with E-state index in [-0.39, 0.29) is 18.4 Å². The number of ether oxygens (including phenoxy) is 1. The number of nitrogens with one attached hydrogen (secondary N) is 1. The van der Waals surface area contributed by atoms with Gasteiger partial charge in [-0.15, -0.1) is 11.3 Å². The number of amides is 3. The van der Waals surface area contributed by atoms with Crippen LogP contribution in [0.2, 0.25) is 0 Å². The molecular weight excluding hydrogens is 452 g/mol. The Bertz CT molecular complexity index is 1120. The summed E-state index contributed by atoms with van der Waals surface area (Å²) in [4.78, 5) is 45.6. The Morgan fingerprint density at radius 1 is 1.15 bits per heavy atom. The number of nitrogens with zero attached hydrogens (tertiary/aromatic N) is 3. The van der Waals surface area contributed by atoms with Gasteiger partial charge in [-0.25, -0.2) is 9.78 Å². The van der Waals surface area contributed by atoms with E-state index in [0.29, 0.717) is 42.3 Å². The average Bonchev–Trinajstić information content (AvgIpc) is 3.57. The fraction of sp³-hybridized carbons (Fsp3) is 0.280. The number of carbonyl (C=O) groups is 3. The first-order chi connectivity index (χ1) is 16.6. The Balaban J connectivity index is 1.52. The Morgan fingerprint density at radius 2 is 1.91 bits per heavy atom. The SMILES string of the molecule is CCC(=O)Nc1ccc(N(C(=O)C2CCCN2C(=O)OCc2ccccc2)c2nccs2)cc1. The lowest BCUT2D eigenvalue weighted by Crippen LogP contribution is -2.46. The molecule has 1 unspecified atom stereocenters. The van der Waals surface area contributed by atoms with Crippen molar-refractivity contribution in [2.75, 3.05) is 16.8 Å². The van der Waals surface area contributed by atoms with Crippen molar-refractivity contribution < 1.29 is 19.1 Å². The van der Waals surface area contributed by atoms with Gasteiger partial charge < -0.3 is 10.1 Å². The minimum Gasteiger partial charge on any atom is -0.445 e. The zero-order valence-electron chi connectivity index (χ0n) is 18.8. The molecule has 1 fully saturated rings. The molecule has 2 aromatic carbocycles. The second-order valence-corrected chi connectivity index (χ2v) is 8.70. The predicted molar refractivity (Wildman–Crippen MR) is 131 cm³/mol. The van der Waals surface area contributed by atoms with Crippen LogP contribution in [0.4, 0.5) is 21.3 Å². The van der Waals surface area contributed by atoms with Gasteiger partial charge in [-0.3, -0.25) is 19.4 Å². The fourth-order valence-corrected chi connectivity index (χ4v) is 4.46. The first-order valence-electron chi connectivity index (χ1n) is 11.2. The third-order valence-corrected chi connectivity index (χ3v) is 6.30. The second-order valence-electron chi connectivity index (χ2n) is 7.83. The quantitative estimate of drug-likeness (QED) is 0.518. The largest absolute Gasteiger partial charge is 0.445 e. The van der Waals surface area contributed by atoms with Gasteiger partial charge in [0.05, 0.1) is 5.69 Å². The number of thiazole rings is 1.